The third-order valence-corrected chi connectivity index (χ3v) is 5.94. The lowest BCUT2D eigenvalue weighted by atomic mass is 9.91. The maximum Gasteiger partial charge on any atom is 0.417 e. The number of rotatable bonds is 3. The lowest BCUT2D eigenvalue weighted by Gasteiger charge is -2.32. The predicted octanol–water partition coefficient (Wildman–Crippen LogP) is 4.73. The number of amides is 1. The van der Waals surface area contributed by atoms with Crippen LogP contribution in [0.2, 0.25) is 0 Å². The average Bonchev–Trinajstić information content (AvgIpc) is 3.22. The van der Waals surface area contributed by atoms with E-state index in [1.807, 2.05) is 6.92 Å². The number of carbonyl (C=O) groups is 1. The first-order valence-electron chi connectivity index (χ1n) is 9.83. The molecule has 3 atom stereocenters. The maximum absolute atomic E-state index is 13.8. The zero-order chi connectivity index (χ0) is 20.2. The molecule has 0 aromatic carbocycles. The Hall–Kier alpha value is -2.12. The van der Waals surface area contributed by atoms with Gasteiger partial charge in [-0.1, -0.05) is 25.9 Å². The molecule has 1 amide bonds. The van der Waals surface area contributed by atoms with E-state index in [4.69, 9.17) is 4.52 Å². The minimum Gasteiger partial charge on any atom is -0.342 e. The third kappa shape index (κ3) is 3.37. The van der Waals surface area contributed by atoms with Gasteiger partial charge in [0.05, 0.1) is 16.6 Å². The lowest BCUT2D eigenvalue weighted by Crippen LogP contribution is -2.40. The van der Waals surface area contributed by atoms with E-state index in [-0.39, 0.29) is 40.5 Å². The first-order valence-corrected chi connectivity index (χ1v) is 9.83. The number of alkyl halides is 3. The number of hydrogen-bond donors (Lipinski definition) is 0. The fourth-order valence-electron chi connectivity index (χ4n) is 4.09. The molecule has 0 unspecified atom stereocenters. The number of fused-ring (bicyclic) bond motifs is 1. The molecule has 0 N–H and O–H groups in total. The van der Waals surface area contributed by atoms with Crippen LogP contribution in [0.15, 0.2) is 10.6 Å². The molecule has 0 bridgehead atoms. The molecule has 0 radical (unpaired) electrons. The summed E-state index contributed by atoms with van der Waals surface area (Å²) in [6, 6.07) is 1.10. The van der Waals surface area contributed by atoms with Crippen LogP contribution in [0, 0.1) is 11.8 Å². The molecule has 3 heterocycles. The van der Waals surface area contributed by atoms with E-state index in [9.17, 15) is 18.0 Å². The molecule has 2 aromatic rings. The zero-order valence-electron chi connectivity index (χ0n) is 16.2. The lowest BCUT2D eigenvalue weighted by molar-refractivity contribution is -0.136. The van der Waals surface area contributed by atoms with Gasteiger partial charge in [-0.3, -0.25) is 4.79 Å². The van der Waals surface area contributed by atoms with E-state index < -0.39 is 11.7 Å². The number of hydrogen-bond acceptors (Lipinski definition) is 4. The summed E-state index contributed by atoms with van der Waals surface area (Å²) in [6.07, 6.45) is -2.22. The Morgan fingerprint density at radius 1 is 1.36 bits per heavy atom. The van der Waals surface area contributed by atoms with Crippen LogP contribution >= 0.6 is 0 Å². The summed E-state index contributed by atoms with van der Waals surface area (Å²) >= 11 is 0. The van der Waals surface area contributed by atoms with Gasteiger partial charge in [0, 0.05) is 30.6 Å². The van der Waals surface area contributed by atoms with Gasteiger partial charge in [-0.15, -0.1) is 0 Å². The Balaban J connectivity index is 1.71. The Kier molecular flexibility index (Phi) is 4.62. The Labute approximate surface area is 161 Å². The summed E-state index contributed by atoms with van der Waals surface area (Å²) in [5.74, 6) is 0.134. The van der Waals surface area contributed by atoms with Gasteiger partial charge in [-0.2, -0.15) is 13.2 Å². The van der Waals surface area contributed by atoms with Gasteiger partial charge in [-0.05, 0) is 37.2 Å². The molecule has 8 heteroatoms. The van der Waals surface area contributed by atoms with Crippen LogP contribution in [0.25, 0.3) is 11.1 Å². The number of pyridine rings is 1. The summed E-state index contributed by atoms with van der Waals surface area (Å²) in [5.41, 5.74) is -0.235. The van der Waals surface area contributed by atoms with E-state index in [1.54, 1.807) is 18.7 Å². The van der Waals surface area contributed by atoms with Crippen molar-refractivity contribution in [2.75, 3.05) is 13.1 Å². The van der Waals surface area contributed by atoms with E-state index in [0.29, 0.717) is 31.1 Å². The molecule has 152 valence electrons. The summed E-state index contributed by atoms with van der Waals surface area (Å²) < 4.78 is 46.6. The van der Waals surface area contributed by atoms with Crippen LogP contribution < -0.4 is 0 Å². The predicted molar refractivity (Wildman–Crippen MR) is 96.7 cm³/mol. The molecule has 0 spiro atoms. The van der Waals surface area contributed by atoms with Crippen LogP contribution in [-0.2, 0) is 11.0 Å². The SMILES string of the molecule is CC(C)c1cc(C(F)(F)F)c2c([C@@H]3CCCN(C(=O)[C@@H]4C[C@H]4C)C3)noc2n1. The normalized spacial score (nSPS) is 25.5. The van der Waals surface area contributed by atoms with Crippen LogP contribution in [0.3, 0.4) is 0 Å². The Bertz CT molecular complexity index is 906. The fourth-order valence-corrected chi connectivity index (χ4v) is 4.09. The second kappa shape index (κ2) is 6.74. The highest BCUT2D eigenvalue weighted by atomic mass is 19.4. The molecule has 2 aromatic heterocycles. The van der Waals surface area contributed by atoms with Gasteiger partial charge in [0.25, 0.3) is 5.71 Å². The molecule has 1 aliphatic carbocycles. The zero-order valence-corrected chi connectivity index (χ0v) is 16.2. The van der Waals surface area contributed by atoms with Crippen LogP contribution in [0.1, 0.15) is 68.8 Å². The van der Waals surface area contributed by atoms with E-state index in [1.165, 1.54) is 0 Å². The van der Waals surface area contributed by atoms with Gasteiger partial charge in [0.2, 0.25) is 5.91 Å². The highest BCUT2D eigenvalue weighted by Crippen LogP contribution is 2.43. The van der Waals surface area contributed by atoms with Gasteiger partial charge >= 0.3 is 6.18 Å². The van der Waals surface area contributed by atoms with Crippen molar-refractivity contribution in [3.8, 4) is 0 Å². The van der Waals surface area contributed by atoms with Crippen molar-refractivity contribution in [1.82, 2.24) is 15.0 Å². The topological polar surface area (TPSA) is 59.2 Å². The second-order valence-electron chi connectivity index (χ2n) is 8.44. The van der Waals surface area contributed by atoms with Crippen LogP contribution in [0.4, 0.5) is 13.2 Å². The van der Waals surface area contributed by atoms with Crippen molar-refractivity contribution < 1.29 is 22.5 Å². The van der Waals surface area contributed by atoms with Crippen molar-refractivity contribution >= 4 is 17.0 Å². The standard InChI is InChI=1S/C20H24F3N3O2/c1-10(2)15-8-14(20(21,22)23)16-17(25-28-18(16)24-15)12-5-4-6-26(9-12)19(27)13-7-11(13)3/h8,10-13H,4-7,9H2,1-3H3/t11-,12-,13-/m1/s1. The van der Waals surface area contributed by atoms with Gasteiger partial charge in [0.15, 0.2) is 0 Å². The quantitative estimate of drug-likeness (QED) is 0.754. The molecule has 4 rings (SSSR count). The molecule has 5 nitrogen and oxygen atoms in total. The summed E-state index contributed by atoms with van der Waals surface area (Å²) in [5, 5.41) is 3.93. The number of piperidine rings is 1. The largest absolute Gasteiger partial charge is 0.417 e. The van der Waals surface area contributed by atoms with E-state index in [2.05, 4.69) is 10.1 Å². The summed E-state index contributed by atoms with van der Waals surface area (Å²) in [4.78, 5) is 18.6. The van der Waals surface area contributed by atoms with E-state index >= 15 is 0 Å². The van der Waals surface area contributed by atoms with Gasteiger partial charge in [0.1, 0.15) is 0 Å². The number of nitrogens with zero attached hydrogens (tertiary/aromatic N) is 3. The molecule has 1 saturated heterocycles. The van der Waals surface area contributed by atoms with Crippen molar-refractivity contribution in [2.45, 2.75) is 58.0 Å². The smallest absolute Gasteiger partial charge is 0.342 e. The number of carbonyl (C=O) groups excluding carboxylic acids is 1. The minimum absolute atomic E-state index is 0.0593. The van der Waals surface area contributed by atoms with Gasteiger partial charge in [-0.25, -0.2) is 4.98 Å². The van der Waals surface area contributed by atoms with Crippen LogP contribution in [-0.4, -0.2) is 34.0 Å². The minimum atomic E-state index is -4.53. The second-order valence-corrected chi connectivity index (χ2v) is 8.44. The van der Waals surface area contributed by atoms with Crippen LogP contribution in [0.5, 0.6) is 0 Å². The maximum atomic E-state index is 13.8. The fraction of sp³-hybridized carbons (Fsp3) is 0.650. The molecular weight excluding hydrogens is 371 g/mol. The van der Waals surface area contributed by atoms with E-state index in [0.717, 1.165) is 18.9 Å². The van der Waals surface area contributed by atoms with Crippen molar-refractivity contribution in [2.24, 2.45) is 11.8 Å². The third-order valence-electron chi connectivity index (χ3n) is 5.94. The summed E-state index contributed by atoms with van der Waals surface area (Å²) in [7, 11) is 0. The molecular formula is C20H24F3N3O2. The molecule has 2 fully saturated rings. The average molecular weight is 395 g/mol. The van der Waals surface area contributed by atoms with Crippen molar-refractivity contribution in [1.29, 1.82) is 0 Å². The first kappa shape index (κ1) is 19.2. The monoisotopic (exact) mass is 395 g/mol. The molecule has 1 aliphatic heterocycles. The molecule has 28 heavy (non-hydrogen) atoms. The van der Waals surface area contributed by atoms with Crippen molar-refractivity contribution in [3.63, 3.8) is 0 Å². The molecule has 1 saturated carbocycles. The number of aromatic nitrogens is 2. The summed E-state index contributed by atoms with van der Waals surface area (Å²) in [6.45, 7) is 6.65. The number of likely N-dealkylation sites (tertiary alicyclic amines) is 1. The Morgan fingerprint density at radius 3 is 2.68 bits per heavy atom. The highest BCUT2D eigenvalue weighted by molar-refractivity contribution is 5.83. The van der Waals surface area contributed by atoms with Gasteiger partial charge < -0.3 is 9.42 Å². The number of halogens is 3. The molecule has 2 aliphatic rings. The Morgan fingerprint density at radius 2 is 2.07 bits per heavy atom. The first-order chi connectivity index (χ1) is 13.2. The highest BCUT2D eigenvalue weighted by Gasteiger charge is 2.43. The van der Waals surface area contributed by atoms with Crippen molar-refractivity contribution in [3.05, 3.63) is 23.0 Å².